The number of hydrogen-bond acceptors (Lipinski definition) is 5. The Morgan fingerprint density at radius 1 is 1.00 bits per heavy atom. The first kappa shape index (κ1) is 17.6. The molecule has 0 unspecified atom stereocenters. The van der Waals surface area contributed by atoms with E-state index in [0.717, 1.165) is 22.2 Å². The summed E-state index contributed by atoms with van der Waals surface area (Å²) in [5.41, 5.74) is 7.06. The summed E-state index contributed by atoms with van der Waals surface area (Å²) in [6.07, 6.45) is -0.0718. The van der Waals surface area contributed by atoms with Crippen molar-refractivity contribution in [2.75, 3.05) is 0 Å². The molecule has 8 nitrogen and oxygen atoms in total. The molecule has 2 N–H and O–H groups in total. The lowest BCUT2D eigenvalue weighted by Crippen LogP contribution is -2.42. The van der Waals surface area contributed by atoms with Gasteiger partial charge in [-0.1, -0.05) is 36.4 Å². The molecule has 2 aromatic carbocycles. The van der Waals surface area contributed by atoms with Gasteiger partial charge in [0.25, 0.3) is 11.7 Å². The highest BCUT2D eigenvalue weighted by molar-refractivity contribution is 6.07. The van der Waals surface area contributed by atoms with Gasteiger partial charge in [-0.25, -0.2) is 9.50 Å². The quantitative estimate of drug-likeness (QED) is 0.533. The van der Waals surface area contributed by atoms with E-state index < -0.39 is 5.91 Å². The van der Waals surface area contributed by atoms with Crippen LogP contribution in [0.1, 0.15) is 27.6 Å². The molecule has 4 aromatic rings. The van der Waals surface area contributed by atoms with Crippen molar-refractivity contribution in [2.24, 2.45) is 0 Å². The van der Waals surface area contributed by atoms with Crippen molar-refractivity contribution in [1.29, 1.82) is 0 Å². The summed E-state index contributed by atoms with van der Waals surface area (Å²) >= 11 is 0. The molecule has 0 aliphatic carbocycles. The zero-order valence-electron chi connectivity index (χ0n) is 15.4. The van der Waals surface area contributed by atoms with Gasteiger partial charge in [0.15, 0.2) is 5.82 Å². The fourth-order valence-electron chi connectivity index (χ4n) is 3.09. The Labute approximate surface area is 160 Å². The van der Waals surface area contributed by atoms with E-state index >= 15 is 0 Å². The molecule has 0 radical (unpaired) electrons. The Bertz CT molecular complexity index is 1210. The number of aryl methyl sites for hydroxylation is 2. The second-order valence-electron chi connectivity index (χ2n) is 6.48. The van der Waals surface area contributed by atoms with Crippen LogP contribution in [0.5, 0.6) is 0 Å². The van der Waals surface area contributed by atoms with Crippen LogP contribution in [0.25, 0.3) is 16.6 Å². The molecule has 0 aliphatic rings. The normalized spacial score (nSPS) is 10.9. The summed E-state index contributed by atoms with van der Waals surface area (Å²) in [5.74, 6) is -0.0293. The number of amides is 2. The van der Waals surface area contributed by atoms with Crippen LogP contribution >= 0.6 is 0 Å². The summed E-state index contributed by atoms with van der Waals surface area (Å²) in [4.78, 5) is 33.2. The number of nitrogens with zero attached hydrogens (tertiary/aromatic N) is 4. The summed E-state index contributed by atoms with van der Waals surface area (Å²) in [6, 6.07) is 14.9. The van der Waals surface area contributed by atoms with Crippen molar-refractivity contribution >= 4 is 28.4 Å². The Morgan fingerprint density at radius 3 is 2.64 bits per heavy atom. The minimum atomic E-state index is -0.418. The first-order valence-electron chi connectivity index (χ1n) is 8.78. The Balaban J connectivity index is 1.44. The molecule has 0 aliphatic heterocycles. The topological polar surface area (TPSA) is 101 Å². The molecule has 2 aromatic heterocycles. The number of rotatable bonds is 3. The van der Waals surface area contributed by atoms with Crippen LogP contribution in [0.3, 0.4) is 0 Å². The largest absolute Gasteiger partial charge is 0.273 e. The van der Waals surface area contributed by atoms with E-state index in [0.29, 0.717) is 17.2 Å². The Hall–Kier alpha value is -3.81. The van der Waals surface area contributed by atoms with E-state index in [-0.39, 0.29) is 12.3 Å². The van der Waals surface area contributed by atoms with Gasteiger partial charge in [0, 0.05) is 17.0 Å². The maximum absolute atomic E-state index is 12.5. The third-order valence-electron chi connectivity index (χ3n) is 4.33. The zero-order valence-corrected chi connectivity index (χ0v) is 15.4. The highest BCUT2D eigenvalue weighted by Crippen LogP contribution is 2.18. The fourth-order valence-corrected chi connectivity index (χ4v) is 3.09. The molecular weight excluding hydrogens is 356 g/mol. The van der Waals surface area contributed by atoms with Gasteiger partial charge >= 0.3 is 0 Å². The van der Waals surface area contributed by atoms with Crippen molar-refractivity contribution in [3.63, 3.8) is 0 Å². The number of fused-ring (bicyclic) bond motifs is 2. The lowest BCUT2D eigenvalue weighted by atomic mass is 10.0. The molecule has 0 saturated carbocycles. The van der Waals surface area contributed by atoms with E-state index in [2.05, 4.69) is 25.9 Å². The molecule has 8 heteroatoms. The highest BCUT2D eigenvalue weighted by atomic mass is 16.2. The first-order valence-corrected chi connectivity index (χ1v) is 8.78. The van der Waals surface area contributed by atoms with Crippen molar-refractivity contribution in [3.8, 4) is 0 Å². The van der Waals surface area contributed by atoms with Crippen LogP contribution < -0.4 is 10.9 Å². The third-order valence-corrected chi connectivity index (χ3v) is 4.33. The molecule has 0 bridgehead atoms. The highest BCUT2D eigenvalue weighted by Gasteiger charge is 2.14. The van der Waals surface area contributed by atoms with Gasteiger partial charge in [0.05, 0.1) is 6.42 Å². The molecule has 2 heterocycles. The molecule has 0 fully saturated rings. The maximum atomic E-state index is 12.5. The van der Waals surface area contributed by atoms with Gasteiger partial charge in [-0.3, -0.25) is 20.4 Å². The van der Waals surface area contributed by atoms with Crippen molar-refractivity contribution in [3.05, 3.63) is 71.3 Å². The van der Waals surface area contributed by atoms with Gasteiger partial charge < -0.3 is 0 Å². The molecule has 0 saturated heterocycles. The smallest absolute Gasteiger partial charge is 0.270 e. The molecule has 28 heavy (non-hydrogen) atoms. The molecule has 140 valence electrons. The number of nitrogens with one attached hydrogen (secondary N) is 2. The van der Waals surface area contributed by atoms with Crippen LogP contribution in [0.4, 0.5) is 0 Å². The van der Waals surface area contributed by atoms with E-state index in [9.17, 15) is 9.59 Å². The Kier molecular flexibility index (Phi) is 4.44. The molecule has 2 amide bonds. The van der Waals surface area contributed by atoms with Gasteiger partial charge in [-0.2, -0.15) is 4.98 Å². The average molecular weight is 374 g/mol. The van der Waals surface area contributed by atoms with Gasteiger partial charge in [-0.15, -0.1) is 5.10 Å². The summed E-state index contributed by atoms with van der Waals surface area (Å²) < 4.78 is 1.59. The van der Waals surface area contributed by atoms with E-state index in [1.807, 2.05) is 50.2 Å². The van der Waals surface area contributed by atoms with Crippen LogP contribution in [0.2, 0.25) is 0 Å². The van der Waals surface area contributed by atoms with Crippen LogP contribution in [0.15, 0.2) is 48.5 Å². The van der Waals surface area contributed by atoms with Gasteiger partial charge in [-0.05, 0) is 36.8 Å². The lowest BCUT2D eigenvalue weighted by Gasteiger charge is -2.08. The third kappa shape index (κ3) is 3.39. The average Bonchev–Trinajstić information content (AvgIpc) is 3.08. The SMILES string of the molecule is Cc1cc(C)n2nc(CC(=O)NNC(=O)c3cccc4ccccc34)nc2n1. The minimum absolute atomic E-state index is 0.0718. The minimum Gasteiger partial charge on any atom is -0.273 e. The monoisotopic (exact) mass is 374 g/mol. The lowest BCUT2D eigenvalue weighted by molar-refractivity contribution is -0.121. The predicted molar refractivity (Wildman–Crippen MR) is 104 cm³/mol. The first-order chi connectivity index (χ1) is 13.5. The standard InChI is InChI=1S/C20H18N6O2/c1-12-10-13(2)26-20(21-12)22-17(25-26)11-18(27)23-24-19(28)16-9-5-7-14-6-3-4-8-15(14)16/h3-10H,11H2,1-2H3,(H,23,27)(H,24,28). The van der Waals surface area contributed by atoms with Gasteiger partial charge in [0.2, 0.25) is 5.91 Å². The number of carbonyl (C=O) groups is 2. The second-order valence-corrected chi connectivity index (χ2v) is 6.48. The van der Waals surface area contributed by atoms with Crippen molar-refractivity contribution in [1.82, 2.24) is 30.4 Å². The van der Waals surface area contributed by atoms with Crippen molar-refractivity contribution in [2.45, 2.75) is 20.3 Å². The molecule has 4 rings (SSSR count). The number of hydrazine groups is 1. The fraction of sp³-hybridized carbons (Fsp3) is 0.150. The van der Waals surface area contributed by atoms with Crippen molar-refractivity contribution < 1.29 is 9.59 Å². The molecular formula is C20H18N6O2. The summed E-state index contributed by atoms with van der Waals surface area (Å²) in [6.45, 7) is 3.77. The van der Waals surface area contributed by atoms with E-state index in [1.165, 1.54) is 0 Å². The number of benzene rings is 2. The molecule has 0 atom stereocenters. The predicted octanol–water partition coefficient (Wildman–Crippen LogP) is 1.90. The molecule has 0 spiro atoms. The Morgan fingerprint density at radius 2 is 1.79 bits per heavy atom. The van der Waals surface area contributed by atoms with Gasteiger partial charge in [0.1, 0.15) is 0 Å². The summed E-state index contributed by atoms with van der Waals surface area (Å²) in [7, 11) is 0. The number of carbonyl (C=O) groups excluding carboxylic acids is 2. The van der Waals surface area contributed by atoms with Crippen LogP contribution in [-0.2, 0) is 11.2 Å². The van der Waals surface area contributed by atoms with Crippen LogP contribution in [-0.4, -0.2) is 31.4 Å². The zero-order chi connectivity index (χ0) is 19.7. The van der Waals surface area contributed by atoms with E-state index in [4.69, 9.17) is 0 Å². The van der Waals surface area contributed by atoms with E-state index in [1.54, 1.807) is 16.6 Å². The summed E-state index contributed by atoms with van der Waals surface area (Å²) in [5, 5.41) is 6.06. The maximum Gasteiger partial charge on any atom is 0.270 e. The van der Waals surface area contributed by atoms with Crippen LogP contribution in [0, 0.1) is 13.8 Å². The number of aromatic nitrogens is 4. The number of hydrogen-bond donors (Lipinski definition) is 2. The second kappa shape index (κ2) is 7.07.